The first-order chi connectivity index (χ1) is 15.2. The van der Waals surface area contributed by atoms with Crippen LogP contribution in [0.15, 0.2) is 67.0 Å². The van der Waals surface area contributed by atoms with Gasteiger partial charge in [-0.3, -0.25) is 4.79 Å². The average Bonchev–Trinajstić information content (AvgIpc) is 3.19. The van der Waals surface area contributed by atoms with Crippen molar-refractivity contribution >= 4 is 33.3 Å². The van der Waals surface area contributed by atoms with Gasteiger partial charge in [0.25, 0.3) is 5.91 Å². The standard InChI is InChI=1S/C25H24N4OS/c1-18-7-9-19(10-8-18)17-21-20-5-2-3-6-22(20)31-23(21)24(30)28-13-15-29(16-14-28)25-26-11-4-12-27-25/h2-12H,13-17H2,1H3. The number of aryl methyl sites for hydroxylation is 1. The van der Waals surface area contributed by atoms with E-state index in [0.717, 1.165) is 35.9 Å². The maximum atomic E-state index is 13.6. The van der Waals surface area contributed by atoms with Crippen molar-refractivity contribution in [3.8, 4) is 0 Å². The molecule has 2 aromatic heterocycles. The van der Waals surface area contributed by atoms with Gasteiger partial charge in [0, 0.05) is 43.3 Å². The molecule has 0 spiro atoms. The normalized spacial score (nSPS) is 14.2. The fraction of sp³-hybridized carbons (Fsp3) is 0.240. The Kier molecular flexibility index (Phi) is 5.38. The van der Waals surface area contributed by atoms with Gasteiger partial charge in [-0.05, 0) is 42.0 Å². The molecule has 1 fully saturated rings. The van der Waals surface area contributed by atoms with Crippen LogP contribution >= 0.6 is 11.3 Å². The molecule has 0 aliphatic carbocycles. The Morgan fingerprint density at radius 2 is 1.65 bits per heavy atom. The van der Waals surface area contributed by atoms with Gasteiger partial charge in [-0.15, -0.1) is 11.3 Å². The highest BCUT2D eigenvalue weighted by Gasteiger charge is 2.27. The van der Waals surface area contributed by atoms with Crippen LogP contribution in [0.2, 0.25) is 0 Å². The molecular formula is C25H24N4OS. The number of benzene rings is 2. The monoisotopic (exact) mass is 428 g/mol. The summed E-state index contributed by atoms with van der Waals surface area (Å²) in [7, 11) is 0. The van der Waals surface area contributed by atoms with Gasteiger partial charge in [-0.1, -0.05) is 48.0 Å². The zero-order valence-corrected chi connectivity index (χ0v) is 18.3. The molecule has 1 amide bonds. The lowest BCUT2D eigenvalue weighted by molar-refractivity contribution is 0.0750. The summed E-state index contributed by atoms with van der Waals surface area (Å²) in [6.45, 7) is 4.94. The van der Waals surface area contributed by atoms with Gasteiger partial charge in [0.2, 0.25) is 5.95 Å². The number of rotatable bonds is 4. The van der Waals surface area contributed by atoms with Gasteiger partial charge < -0.3 is 9.80 Å². The molecule has 0 atom stereocenters. The lowest BCUT2D eigenvalue weighted by Gasteiger charge is -2.34. The lowest BCUT2D eigenvalue weighted by atomic mass is 10.0. The van der Waals surface area contributed by atoms with Crippen LogP contribution in [0.4, 0.5) is 5.95 Å². The van der Waals surface area contributed by atoms with Crippen LogP contribution in [-0.4, -0.2) is 47.0 Å². The summed E-state index contributed by atoms with van der Waals surface area (Å²) in [4.78, 5) is 27.2. The molecule has 5 rings (SSSR count). The molecule has 156 valence electrons. The van der Waals surface area contributed by atoms with Gasteiger partial charge in [0.05, 0.1) is 4.88 Å². The summed E-state index contributed by atoms with van der Waals surface area (Å²) in [5.41, 5.74) is 3.62. The van der Waals surface area contributed by atoms with Crippen LogP contribution in [0, 0.1) is 6.92 Å². The number of piperazine rings is 1. The maximum Gasteiger partial charge on any atom is 0.264 e. The van der Waals surface area contributed by atoms with E-state index in [2.05, 4.69) is 64.3 Å². The second kappa shape index (κ2) is 8.47. The molecular weight excluding hydrogens is 404 g/mol. The van der Waals surface area contributed by atoms with Crippen molar-refractivity contribution in [1.82, 2.24) is 14.9 Å². The average molecular weight is 429 g/mol. The minimum atomic E-state index is 0.136. The Bertz CT molecular complexity index is 1200. The predicted octanol–water partition coefficient (Wildman–Crippen LogP) is 4.55. The van der Waals surface area contributed by atoms with Crippen molar-refractivity contribution in [2.75, 3.05) is 31.1 Å². The third-order valence-corrected chi connectivity index (χ3v) is 7.00. The van der Waals surface area contributed by atoms with E-state index in [9.17, 15) is 4.79 Å². The Morgan fingerprint density at radius 3 is 2.39 bits per heavy atom. The molecule has 1 aliphatic rings. The number of hydrogen-bond donors (Lipinski definition) is 0. The highest BCUT2D eigenvalue weighted by Crippen LogP contribution is 2.34. The molecule has 31 heavy (non-hydrogen) atoms. The zero-order valence-electron chi connectivity index (χ0n) is 17.5. The van der Waals surface area contributed by atoms with E-state index >= 15 is 0 Å². The van der Waals surface area contributed by atoms with E-state index in [1.54, 1.807) is 23.7 Å². The SMILES string of the molecule is Cc1ccc(Cc2c(C(=O)N3CCN(c4ncccn4)CC3)sc3ccccc23)cc1. The number of fused-ring (bicyclic) bond motifs is 1. The molecule has 5 nitrogen and oxygen atoms in total. The largest absolute Gasteiger partial charge is 0.337 e. The quantitative estimate of drug-likeness (QED) is 0.478. The van der Waals surface area contributed by atoms with Crippen molar-refractivity contribution < 1.29 is 4.79 Å². The first-order valence-corrected chi connectivity index (χ1v) is 11.4. The second-order valence-electron chi connectivity index (χ2n) is 7.90. The molecule has 3 heterocycles. The molecule has 4 aromatic rings. The van der Waals surface area contributed by atoms with Crippen LogP contribution in [0.3, 0.4) is 0 Å². The smallest absolute Gasteiger partial charge is 0.264 e. The summed E-state index contributed by atoms with van der Waals surface area (Å²) in [5.74, 6) is 0.869. The van der Waals surface area contributed by atoms with Gasteiger partial charge in [0.1, 0.15) is 0 Å². The van der Waals surface area contributed by atoms with Crippen molar-refractivity contribution in [2.45, 2.75) is 13.3 Å². The minimum absolute atomic E-state index is 0.136. The van der Waals surface area contributed by atoms with Crippen LogP contribution in [0.5, 0.6) is 0 Å². The fourth-order valence-corrected chi connectivity index (χ4v) is 5.25. The number of nitrogens with zero attached hydrogens (tertiary/aromatic N) is 4. The molecule has 6 heteroatoms. The van der Waals surface area contributed by atoms with Crippen molar-refractivity contribution in [3.05, 3.63) is 88.6 Å². The topological polar surface area (TPSA) is 49.3 Å². The third kappa shape index (κ3) is 4.03. The summed E-state index contributed by atoms with van der Waals surface area (Å²) >= 11 is 1.62. The Morgan fingerprint density at radius 1 is 0.935 bits per heavy atom. The van der Waals surface area contributed by atoms with Crippen molar-refractivity contribution in [3.63, 3.8) is 0 Å². The van der Waals surface area contributed by atoms with Crippen molar-refractivity contribution in [2.24, 2.45) is 0 Å². The number of carbonyl (C=O) groups is 1. The first-order valence-electron chi connectivity index (χ1n) is 10.6. The number of carbonyl (C=O) groups excluding carboxylic acids is 1. The van der Waals surface area contributed by atoms with E-state index in [0.29, 0.717) is 13.1 Å². The maximum absolute atomic E-state index is 13.6. The lowest BCUT2D eigenvalue weighted by Crippen LogP contribution is -2.49. The third-order valence-electron chi connectivity index (χ3n) is 5.80. The highest BCUT2D eigenvalue weighted by molar-refractivity contribution is 7.21. The number of hydrogen-bond acceptors (Lipinski definition) is 5. The zero-order chi connectivity index (χ0) is 21.2. The van der Waals surface area contributed by atoms with Gasteiger partial charge >= 0.3 is 0 Å². The summed E-state index contributed by atoms with van der Waals surface area (Å²) in [6, 6.07) is 18.8. The Hall–Kier alpha value is -3.25. The van der Waals surface area contributed by atoms with E-state index in [1.807, 2.05) is 17.0 Å². The van der Waals surface area contributed by atoms with Crippen LogP contribution in [-0.2, 0) is 6.42 Å². The molecule has 2 aromatic carbocycles. The summed E-state index contributed by atoms with van der Waals surface area (Å²) in [6.07, 6.45) is 4.28. The second-order valence-corrected chi connectivity index (χ2v) is 8.95. The van der Waals surface area contributed by atoms with E-state index in [1.165, 1.54) is 21.2 Å². The molecule has 0 N–H and O–H groups in total. The van der Waals surface area contributed by atoms with Crippen LogP contribution < -0.4 is 4.90 Å². The number of amides is 1. The summed E-state index contributed by atoms with van der Waals surface area (Å²) in [5, 5.41) is 1.19. The molecule has 0 bridgehead atoms. The predicted molar refractivity (Wildman–Crippen MR) is 126 cm³/mol. The Balaban J connectivity index is 1.40. The molecule has 0 radical (unpaired) electrons. The Labute approximate surface area is 186 Å². The van der Waals surface area contributed by atoms with Crippen molar-refractivity contribution in [1.29, 1.82) is 0 Å². The van der Waals surface area contributed by atoms with E-state index in [-0.39, 0.29) is 5.91 Å². The number of thiophene rings is 1. The van der Waals surface area contributed by atoms with Gasteiger partial charge in [0.15, 0.2) is 0 Å². The molecule has 0 saturated carbocycles. The van der Waals surface area contributed by atoms with Crippen LogP contribution in [0.25, 0.3) is 10.1 Å². The number of anilines is 1. The molecule has 1 saturated heterocycles. The highest BCUT2D eigenvalue weighted by atomic mass is 32.1. The molecule has 0 unspecified atom stereocenters. The van der Waals surface area contributed by atoms with E-state index < -0.39 is 0 Å². The van der Waals surface area contributed by atoms with Gasteiger partial charge in [-0.2, -0.15) is 0 Å². The molecule has 1 aliphatic heterocycles. The first kappa shape index (κ1) is 19.7. The minimum Gasteiger partial charge on any atom is -0.337 e. The number of aromatic nitrogens is 2. The fourth-order valence-electron chi connectivity index (χ4n) is 4.06. The summed E-state index contributed by atoms with van der Waals surface area (Å²) < 4.78 is 1.17. The van der Waals surface area contributed by atoms with Gasteiger partial charge in [-0.25, -0.2) is 9.97 Å². The van der Waals surface area contributed by atoms with E-state index in [4.69, 9.17) is 0 Å². The van der Waals surface area contributed by atoms with Crippen LogP contribution in [0.1, 0.15) is 26.4 Å².